The van der Waals surface area contributed by atoms with Crippen LogP contribution in [-0.4, -0.2) is 37.0 Å². The quantitative estimate of drug-likeness (QED) is 0.710. The van der Waals surface area contributed by atoms with Crippen molar-refractivity contribution in [3.05, 3.63) is 39.4 Å². The van der Waals surface area contributed by atoms with E-state index in [1.807, 2.05) is 0 Å². The van der Waals surface area contributed by atoms with Gasteiger partial charge < -0.3 is 10.4 Å². The number of carbonyl (C=O) groups excluding carboxylic acids is 1. The molecule has 2 heterocycles. The molecule has 3 N–H and O–H groups in total. The zero-order chi connectivity index (χ0) is 14.9. The molecule has 0 fully saturated rings. The maximum Gasteiger partial charge on any atom is 0.341 e. The second kappa shape index (κ2) is 4.96. The number of carboxylic acid groups (broad SMARTS) is 1. The van der Waals surface area contributed by atoms with Gasteiger partial charge in [-0.15, -0.1) is 0 Å². The number of aromatic nitrogens is 4. The highest BCUT2D eigenvalue weighted by atomic mass is 16.4. The molecule has 9 nitrogen and oxygen atoms in total. The lowest BCUT2D eigenvalue weighted by atomic mass is 10.2. The molecule has 0 aliphatic heterocycles. The lowest BCUT2D eigenvalue weighted by Crippen LogP contribution is -2.20. The van der Waals surface area contributed by atoms with Crippen molar-refractivity contribution in [2.45, 2.75) is 6.92 Å². The third-order valence-electron chi connectivity index (χ3n) is 2.58. The number of H-pyrrole nitrogens is 1. The summed E-state index contributed by atoms with van der Waals surface area (Å²) in [5.74, 6) is -1.79. The first-order valence-electron chi connectivity index (χ1n) is 5.54. The van der Waals surface area contributed by atoms with Gasteiger partial charge in [0.2, 0.25) is 0 Å². The maximum absolute atomic E-state index is 11.9. The molecule has 0 saturated carbocycles. The van der Waals surface area contributed by atoms with Gasteiger partial charge in [-0.3, -0.25) is 14.3 Å². The number of carboxylic acids is 1. The summed E-state index contributed by atoms with van der Waals surface area (Å²) >= 11 is 0. The van der Waals surface area contributed by atoms with Crippen molar-refractivity contribution < 1.29 is 14.7 Å². The number of rotatable bonds is 3. The first-order valence-corrected chi connectivity index (χ1v) is 5.54. The minimum atomic E-state index is -1.19. The maximum atomic E-state index is 11.9. The van der Waals surface area contributed by atoms with Crippen molar-refractivity contribution in [1.82, 2.24) is 20.0 Å². The summed E-state index contributed by atoms with van der Waals surface area (Å²) in [6.45, 7) is 1.53. The summed E-state index contributed by atoms with van der Waals surface area (Å²) in [6.07, 6.45) is 0. The highest BCUT2D eigenvalue weighted by Crippen LogP contribution is 2.19. The third-order valence-corrected chi connectivity index (χ3v) is 2.58. The monoisotopic (exact) mass is 277 g/mol. The normalized spacial score (nSPS) is 10.3. The molecule has 0 radical (unpaired) electrons. The van der Waals surface area contributed by atoms with Crippen LogP contribution < -0.4 is 10.9 Å². The molecule has 2 aromatic heterocycles. The van der Waals surface area contributed by atoms with E-state index in [9.17, 15) is 14.4 Å². The number of aromatic carboxylic acids is 1. The highest BCUT2D eigenvalue weighted by Gasteiger charge is 2.22. The molecule has 0 aliphatic rings. The molecule has 0 atom stereocenters. The number of anilines is 1. The van der Waals surface area contributed by atoms with Gasteiger partial charge in [-0.05, 0) is 13.0 Å². The standard InChI is InChI=1S/C11H11N5O4/c1-5-8(11(19)20)9(16(2)15-5)12-10(18)6-3-4-7(17)14-13-6/h3-4H,1-2H3,(H,12,18)(H,14,17)(H,19,20). The predicted octanol–water partition coefficient (Wildman–Crippen LogP) is -0.238. The highest BCUT2D eigenvalue weighted by molar-refractivity contribution is 6.06. The van der Waals surface area contributed by atoms with Crippen LogP contribution in [0.4, 0.5) is 5.82 Å². The molecule has 104 valence electrons. The van der Waals surface area contributed by atoms with Gasteiger partial charge in [0.1, 0.15) is 17.1 Å². The van der Waals surface area contributed by atoms with Gasteiger partial charge in [0.05, 0.1) is 5.69 Å². The van der Waals surface area contributed by atoms with Crippen LogP contribution >= 0.6 is 0 Å². The number of carbonyl (C=O) groups is 2. The summed E-state index contributed by atoms with van der Waals surface area (Å²) in [5, 5.41) is 21.1. The second-order valence-electron chi connectivity index (χ2n) is 4.00. The molecule has 0 saturated heterocycles. The predicted molar refractivity (Wildman–Crippen MR) is 67.7 cm³/mol. The van der Waals surface area contributed by atoms with Crippen LogP contribution in [0.25, 0.3) is 0 Å². The average Bonchev–Trinajstić information content (AvgIpc) is 2.64. The fourth-order valence-electron chi connectivity index (χ4n) is 1.70. The summed E-state index contributed by atoms with van der Waals surface area (Å²) < 4.78 is 1.25. The van der Waals surface area contributed by atoms with Gasteiger partial charge in [0.15, 0.2) is 0 Å². The molecule has 0 aliphatic carbocycles. The van der Waals surface area contributed by atoms with Crippen LogP contribution in [0.3, 0.4) is 0 Å². The summed E-state index contributed by atoms with van der Waals surface area (Å²) in [4.78, 5) is 33.9. The van der Waals surface area contributed by atoms with Crippen LogP contribution in [0.1, 0.15) is 26.5 Å². The van der Waals surface area contributed by atoms with Crippen molar-refractivity contribution in [3.63, 3.8) is 0 Å². The van der Waals surface area contributed by atoms with E-state index < -0.39 is 17.4 Å². The van der Waals surface area contributed by atoms with Crippen LogP contribution in [0, 0.1) is 6.92 Å². The SMILES string of the molecule is Cc1nn(C)c(NC(=O)c2ccc(=O)[nH]n2)c1C(=O)O. The van der Waals surface area contributed by atoms with E-state index >= 15 is 0 Å². The Balaban J connectivity index is 2.35. The minimum Gasteiger partial charge on any atom is -0.477 e. The van der Waals surface area contributed by atoms with Crippen molar-refractivity contribution in [3.8, 4) is 0 Å². The molecular weight excluding hydrogens is 266 g/mol. The van der Waals surface area contributed by atoms with E-state index in [2.05, 4.69) is 20.6 Å². The zero-order valence-corrected chi connectivity index (χ0v) is 10.7. The van der Waals surface area contributed by atoms with Gasteiger partial charge in [0, 0.05) is 13.1 Å². The summed E-state index contributed by atoms with van der Waals surface area (Å²) in [7, 11) is 1.51. The fourth-order valence-corrected chi connectivity index (χ4v) is 1.70. The Kier molecular flexibility index (Phi) is 3.34. The minimum absolute atomic E-state index is 0.0419. The second-order valence-corrected chi connectivity index (χ2v) is 4.00. The van der Waals surface area contributed by atoms with Crippen molar-refractivity contribution in [2.75, 3.05) is 5.32 Å². The van der Waals surface area contributed by atoms with E-state index in [0.717, 1.165) is 6.07 Å². The van der Waals surface area contributed by atoms with Gasteiger partial charge in [-0.25, -0.2) is 9.89 Å². The molecule has 9 heteroatoms. The molecule has 0 spiro atoms. The third kappa shape index (κ3) is 2.41. The molecule has 20 heavy (non-hydrogen) atoms. The average molecular weight is 277 g/mol. The van der Waals surface area contributed by atoms with E-state index in [0.29, 0.717) is 0 Å². The van der Waals surface area contributed by atoms with Gasteiger partial charge in [-0.2, -0.15) is 10.2 Å². The Bertz CT molecular complexity index is 725. The van der Waals surface area contributed by atoms with Crippen molar-refractivity contribution >= 4 is 17.7 Å². The van der Waals surface area contributed by atoms with Crippen LogP contribution in [0.15, 0.2) is 16.9 Å². The number of amides is 1. The molecule has 2 aromatic rings. The molecule has 0 aromatic carbocycles. The fraction of sp³-hybridized carbons (Fsp3) is 0.182. The van der Waals surface area contributed by atoms with Crippen molar-refractivity contribution in [2.24, 2.45) is 7.05 Å². The van der Waals surface area contributed by atoms with E-state index in [1.165, 1.54) is 24.7 Å². The van der Waals surface area contributed by atoms with E-state index in [1.54, 1.807) is 0 Å². The van der Waals surface area contributed by atoms with Gasteiger partial charge in [0.25, 0.3) is 11.5 Å². The van der Waals surface area contributed by atoms with Gasteiger partial charge >= 0.3 is 5.97 Å². The smallest absolute Gasteiger partial charge is 0.341 e. The summed E-state index contributed by atoms with van der Waals surface area (Å²) in [6, 6.07) is 2.38. The lowest BCUT2D eigenvalue weighted by Gasteiger charge is -2.05. The Morgan fingerprint density at radius 2 is 2.10 bits per heavy atom. The Labute approximate surface area is 112 Å². The van der Waals surface area contributed by atoms with Crippen LogP contribution in [0.2, 0.25) is 0 Å². The molecule has 2 rings (SSSR count). The van der Waals surface area contributed by atoms with E-state index in [4.69, 9.17) is 5.11 Å². The first kappa shape index (κ1) is 13.5. The number of hydrogen-bond donors (Lipinski definition) is 3. The Morgan fingerprint density at radius 3 is 2.65 bits per heavy atom. The molecular formula is C11H11N5O4. The Morgan fingerprint density at radius 1 is 1.40 bits per heavy atom. The number of hydrogen-bond acceptors (Lipinski definition) is 5. The number of aromatic amines is 1. The van der Waals surface area contributed by atoms with E-state index in [-0.39, 0.29) is 22.8 Å². The largest absolute Gasteiger partial charge is 0.477 e. The molecule has 1 amide bonds. The van der Waals surface area contributed by atoms with Crippen LogP contribution in [-0.2, 0) is 7.05 Å². The molecule has 0 unspecified atom stereocenters. The number of nitrogens with zero attached hydrogens (tertiary/aromatic N) is 3. The lowest BCUT2D eigenvalue weighted by molar-refractivity contribution is 0.0697. The Hall–Kier alpha value is -2.97. The topological polar surface area (TPSA) is 130 Å². The number of nitrogens with one attached hydrogen (secondary N) is 2. The molecule has 0 bridgehead atoms. The first-order chi connectivity index (χ1) is 9.40. The zero-order valence-electron chi connectivity index (χ0n) is 10.7. The van der Waals surface area contributed by atoms with Crippen LogP contribution in [0.5, 0.6) is 0 Å². The van der Waals surface area contributed by atoms with Gasteiger partial charge in [-0.1, -0.05) is 0 Å². The summed E-state index contributed by atoms with van der Waals surface area (Å²) in [5.41, 5.74) is -0.293. The van der Waals surface area contributed by atoms with Crippen molar-refractivity contribution in [1.29, 1.82) is 0 Å². The number of aryl methyl sites for hydroxylation is 2.